The summed E-state index contributed by atoms with van der Waals surface area (Å²) in [5.74, 6) is 0.716. The third-order valence-electron chi connectivity index (χ3n) is 4.24. The van der Waals surface area contributed by atoms with Gasteiger partial charge < -0.3 is 10.1 Å². The summed E-state index contributed by atoms with van der Waals surface area (Å²) in [6.07, 6.45) is 13.2. The lowest BCUT2D eigenvalue weighted by Gasteiger charge is -2.36. The largest absolute Gasteiger partial charge is 0.381 e. The molecule has 19 heavy (non-hydrogen) atoms. The Bertz CT molecular complexity index is 205. The quantitative estimate of drug-likeness (QED) is 0.446. The minimum atomic E-state index is 0.154. The van der Waals surface area contributed by atoms with E-state index in [1.54, 1.807) is 0 Å². The second-order valence-corrected chi connectivity index (χ2v) is 6.20. The van der Waals surface area contributed by atoms with Crippen molar-refractivity contribution in [1.29, 1.82) is 0 Å². The fourth-order valence-electron chi connectivity index (χ4n) is 2.73. The van der Waals surface area contributed by atoms with Crippen molar-refractivity contribution in [3.8, 4) is 0 Å². The molecule has 1 fully saturated rings. The SMILES string of the molecule is CCCCCCCCCCNC1(CCl)CCOCC1. The van der Waals surface area contributed by atoms with Gasteiger partial charge in [0.2, 0.25) is 0 Å². The first-order valence-corrected chi connectivity index (χ1v) is 8.75. The zero-order chi connectivity index (χ0) is 13.8. The van der Waals surface area contributed by atoms with E-state index in [0.717, 1.165) is 32.6 Å². The highest BCUT2D eigenvalue weighted by Crippen LogP contribution is 2.22. The average Bonchev–Trinajstić information content (AvgIpc) is 2.46. The van der Waals surface area contributed by atoms with Crippen LogP contribution in [0.15, 0.2) is 0 Å². The van der Waals surface area contributed by atoms with Crippen molar-refractivity contribution in [2.45, 2.75) is 76.7 Å². The van der Waals surface area contributed by atoms with Crippen molar-refractivity contribution in [1.82, 2.24) is 5.32 Å². The van der Waals surface area contributed by atoms with E-state index >= 15 is 0 Å². The molecule has 0 radical (unpaired) electrons. The van der Waals surface area contributed by atoms with Crippen LogP contribution < -0.4 is 5.32 Å². The van der Waals surface area contributed by atoms with Gasteiger partial charge in [-0.05, 0) is 25.8 Å². The van der Waals surface area contributed by atoms with Gasteiger partial charge in [-0.2, -0.15) is 0 Å². The molecule has 1 N–H and O–H groups in total. The molecule has 0 aromatic carbocycles. The normalized spacial score (nSPS) is 18.6. The van der Waals surface area contributed by atoms with Crippen LogP contribution in [0, 0.1) is 0 Å². The molecular weight excluding hydrogens is 258 g/mol. The van der Waals surface area contributed by atoms with Crippen LogP contribution in [0.4, 0.5) is 0 Å². The van der Waals surface area contributed by atoms with Crippen molar-refractivity contribution in [3.05, 3.63) is 0 Å². The maximum atomic E-state index is 6.13. The van der Waals surface area contributed by atoms with Gasteiger partial charge in [0, 0.05) is 24.6 Å². The van der Waals surface area contributed by atoms with E-state index in [-0.39, 0.29) is 5.54 Å². The molecule has 0 spiro atoms. The van der Waals surface area contributed by atoms with E-state index in [2.05, 4.69) is 12.2 Å². The van der Waals surface area contributed by atoms with E-state index in [1.165, 1.54) is 51.4 Å². The first-order valence-electron chi connectivity index (χ1n) is 8.22. The molecule has 0 aliphatic carbocycles. The molecule has 3 heteroatoms. The Hall–Kier alpha value is 0.210. The molecule has 0 aromatic rings. The third-order valence-corrected chi connectivity index (χ3v) is 4.75. The summed E-state index contributed by atoms with van der Waals surface area (Å²) in [4.78, 5) is 0. The van der Waals surface area contributed by atoms with Gasteiger partial charge in [0.1, 0.15) is 0 Å². The monoisotopic (exact) mass is 289 g/mol. The van der Waals surface area contributed by atoms with Gasteiger partial charge >= 0.3 is 0 Å². The lowest BCUT2D eigenvalue weighted by molar-refractivity contribution is 0.0465. The Balaban J connectivity index is 1.94. The molecule has 0 saturated carbocycles. The Labute approximate surface area is 124 Å². The summed E-state index contributed by atoms with van der Waals surface area (Å²) in [5, 5.41) is 3.68. The van der Waals surface area contributed by atoms with E-state index in [4.69, 9.17) is 16.3 Å². The van der Waals surface area contributed by atoms with Crippen LogP contribution in [0.2, 0.25) is 0 Å². The van der Waals surface area contributed by atoms with Crippen molar-refractivity contribution in [2.75, 3.05) is 25.6 Å². The summed E-state index contributed by atoms with van der Waals surface area (Å²) in [6.45, 7) is 5.10. The summed E-state index contributed by atoms with van der Waals surface area (Å²) < 4.78 is 5.42. The molecule has 0 amide bonds. The van der Waals surface area contributed by atoms with Gasteiger partial charge in [-0.3, -0.25) is 0 Å². The molecule has 2 nitrogen and oxygen atoms in total. The lowest BCUT2D eigenvalue weighted by atomic mass is 9.92. The topological polar surface area (TPSA) is 21.3 Å². The number of rotatable bonds is 11. The fourth-order valence-corrected chi connectivity index (χ4v) is 3.09. The molecule has 0 atom stereocenters. The molecule has 0 unspecified atom stereocenters. The molecule has 114 valence electrons. The Morgan fingerprint density at radius 1 is 0.947 bits per heavy atom. The van der Waals surface area contributed by atoms with E-state index in [1.807, 2.05) is 0 Å². The van der Waals surface area contributed by atoms with Crippen LogP contribution in [-0.4, -0.2) is 31.2 Å². The smallest absolute Gasteiger partial charge is 0.0484 e. The minimum absolute atomic E-state index is 0.154. The predicted octanol–water partition coefficient (Wildman–Crippen LogP) is 4.50. The molecular formula is C16H32ClNO. The fraction of sp³-hybridized carbons (Fsp3) is 1.00. The molecule has 1 heterocycles. The van der Waals surface area contributed by atoms with Crippen LogP contribution in [0.5, 0.6) is 0 Å². The predicted molar refractivity (Wildman–Crippen MR) is 84.1 cm³/mol. The lowest BCUT2D eigenvalue weighted by Crippen LogP contribution is -2.51. The molecule has 0 bridgehead atoms. The molecule has 1 saturated heterocycles. The highest BCUT2D eigenvalue weighted by atomic mass is 35.5. The van der Waals surface area contributed by atoms with Crippen molar-refractivity contribution in [2.24, 2.45) is 0 Å². The van der Waals surface area contributed by atoms with E-state index < -0.39 is 0 Å². The highest BCUT2D eigenvalue weighted by molar-refractivity contribution is 6.18. The minimum Gasteiger partial charge on any atom is -0.381 e. The third kappa shape index (κ3) is 7.53. The van der Waals surface area contributed by atoms with Crippen LogP contribution in [0.25, 0.3) is 0 Å². The first kappa shape index (κ1) is 17.3. The molecule has 1 rings (SSSR count). The second-order valence-electron chi connectivity index (χ2n) is 5.93. The summed E-state index contributed by atoms with van der Waals surface area (Å²) in [7, 11) is 0. The van der Waals surface area contributed by atoms with Gasteiger partial charge in [-0.1, -0.05) is 51.9 Å². The van der Waals surface area contributed by atoms with Gasteiger partial charge in [0.05, 0.1) is 0 Å². The average molecular weight is 290 g/mol. The number of ether oxygens (including phenoxy) is 1. The number of nitrogens with one attached hydrogen (secondary N) is 1. The standard InChI is InChI=1S/C16H32ClNO/c1-2-3-4-5-6-7-8-9-12-18-16(15-17)10-13-19-14-11-16/h18H,2-15H2,1H3. The summed E-state index contributed by atoms with van der Waals surface area (Å²) >= 11 is 6.13. The van der Waals surface area contributed by atoms with E-state index in [9.17, 15) is 0 Å². The molecule has 0 aromatic heterocycles. The van der Waals surface area contributed by atoms with Gasteiger partial charge in [-0.25, -0.2) is 0 Å². The van der Waals surface area contributed by atoms with Gasteiger partial charge in [-0.15, -0.1) is 11.6 Å². The number of alkyl halides is 1. The Kier molecular flexibility index (Phi) is 9.93. The van der Waals surface area contributed by atoms with E-state index in [0.29, 0.717) is 5.88 Å². The highest BCUT2D eigenvalue weighted by Gasteiger charge is 2.30. The molecule has 1 aliphatic rings. The Morgan fingerprint density at radius 3 is 2.11 bits per heavy atom. The van der Waals surface area contributed by atoms with Gasteiger partial charge in [0.15, 0.2) is 0 Å². The van der Waals surface area contributed by atoms with Crippen LogP contribution in [0.1, 0.15) is 71.1 Å². The number of unbranched alkanes of at least 4 members (excludes halogenated alkanes) is 7. The van der Waals surface area contributed by atoms with Gasteiger partial charge in [0.25, 0.3) is 0 Å². The zero-order valence-electron chi connectivity index (χ0n) is 12.7. The maximum Gasteiger partial charge on any atom is 0.0484 e. The number of halogens is 1. The Morgan fingerprint density at radius 2 is 1.53 bits per heavy atom. The maximum absolute atomic E-state index is 6.13. The zero-order valence-corrected chi connectivity index (χ0v) is 13.4. The van der Waals surface area contributed by atoms with Crippen LogP contribution in [0.3, 0.4) is 0 Å². The van der Waals surface area contributed by atoms with Crippen LogP contribution in [-0.2, 0) is 4.74 Å². The number of hydrogen-bond donors (Lipinski definition) is 1. The summed E-state index contributed by atoms with van der Waals surface area (Å²) in [5.41, 5.74) is 0.154. The van der Waals surface area contributed by atoms with Crippen molar-refractivity contribution >= 4 is 11.6 Å². The summed E-state index contributed by atoms with van der Waals surface area (Å²) in [6, 6.07) is 0. The molecule has 1 aliphatic heterocycles. The van der Waals surface area contributed by atoms with Crippen LogP contribution >= 0.6 is 11.6 Å². The number of hydrogen-bond acceptors (Lipinski definition) is 2. The second kappa shape index (κ2) is 10.9. The van der Waals surface area contributed by atoms with Crippen molar-refractivity contribution in [3.63, 3.8) is 0 Å². The van der Waals surface area contributed by atoms with Crippen molar-refractivity contribution < 1.29 is 4.74 Å². The first-order chi connectivity index (χ1) is 9.33.